The van der Waals surface area contributed by atoms with Crippen molar-refractivity contribution in [1.29, 1.82) is 0 Å². The first-order chi connectivity index (χ1) is 9.56. The number of rotatable bonds is 4. The number of ketones is 1. The van der Waals surface area contributed by atoms with Crippen LogP contribution in [0.1, 0.15) is 25.8 Å². The summed E-state index contributed by atoms with van der Waals surface area (Å²) >= 11 is 0. The fraction of sp³-hybridized carbons (Fsp3) is 0.500. The fourth-order valence-electron chi connectivity index (χ4n) is 2.60. The monoisotopic (exact) mass is 275 g/mol. The molecular weight excluding hydrogens is 254 g/mol. The van der Waals surface area contributed by atoms with Gasteiger partial charge in [-0.25, -0.2) is 0 Å². The van der Waals surface area contributed by atoms with E-state index in [1.807, 2.05) is 18.2 Å². The number of esters is 1. The summed E-state index contributed by atoms with van der Waals surface area (Å²) in [5.41, 5.74) is 0.163. The van der Waals surface area contributed by atoms with Crippen molar-refractivity contribution < 1.29 is 14.3 Å². The molecule has 0 N–H and O–H groups in total. The molecule has 4 heteroatoms. The maximum absolute atomic E-state index is 12.1. The van der Waals surface area contributed by atoms with Crippen LogP contribution in [-0.2, 0) is 20.9 Å². The first-order valence-electron chi connectivity index (χ1n) is 7.03. The normalized spacial score (nSPS) is 23.6. The molecule has 108 valence electrons. The van der Waals surface area contributed by atoms with Gasteiger partial charge < -0.3 is 4.74 Å². The Morgan fingerprint density at radius 1 is 1.35 bits per heavy atom. The van der Waals surface area contributed by atoms with Gasteiger partial charge in [0, 0.05) is 26.1 Å². The van der Waals surface area contributed by atoms with Gasteiger partial charge in [0.25, 0.3) is 0 Å². The lowest BCUT2D eigenvalue weighted by Crippen LogP contribution is -2.52. The second-order valence-corrected chi connectivity index (χ2v) is 5.42. The average Bonchev–Trinajstić information content (AvgIpc) is 2.44. The lowest BCUT2D eigenvalue weighted by atomic mass is 9.80. The van der Waals surface area contributed by atoms with E-state index in [0.717, 1.165) is 6.54 Å². The van der Waals surface area contributed by atoms with Crippen LogP contribution in [0.25, 0.3) is 0 Å². The van der Waals surface area contributed by atoms with E-state index in [9.17, 15) is 9.59 Å². The maximum Gasteiger partial charge on any atom is 0.320 e. The Balaban J connectivity index is 2.08. The van der Waals surface area contributed by atoms with Gasteiger partial charge in [0.15, 0.2) is 5.78 Å². The molecule has 1 heterocycles. The second kappa shape index (κ2) is 6.18. The molecule has 0 radical (unpaired) electrons. The van der Waals surface area contributed by atoms with Crippen LogP contribution in [0.15, 0.2) is 30.3 Å². The molecule has 1 aromatic carbocycles. The zero-order chi connectivity index (χ0) is 14.6. The van der Waals surface area contributed by atoms with Crippen LogP contribution >= 0.6 is 0 Å². The number of likely N-dealkylation sites (tertiary alicyclic amines) is 1. The molecule has 0 spiro atoms. The fourth-order valence-corrected chi connectivity index (χ4v) is 2.60. The summed E-state index contributed by atoms with van der Waals surface area (Å²) in [7, 11) is 0. The van der Waals surface area contributed by atoms with Gasteiger partial charge in [-0.1, -0.05) is 30.3 Å². The summed E-state index contributed by atoms with van der Waals surface area (Å²) in [6.45, 7) is 5.65. The van der Waals surface area contributed by atoms with Crippen LogP contribution in [0.4, 0.5) is 0 Å². The molecule has 4 nitrogen and oxygen atoms in total. The molecule has 1 aromatic rings. The Morgan fingerprint density at radius 2 is 2.05 bits per heavy atom. The molecule has 1 unspecified atom stereocenters. The van der Waals surface area contributed by atoms with Gasteiger partial charge in [0.1, 0.15) is 5.41 Å². The predicted molar refractivity (Wildman–Crippen MR) is 76.1 cm³/mol. The molecule has 0 aromatic heterocycles. The summed E-state index contributed by atoms with van der Waals surface area (Å²) in [5, 5.41) is 0. The Labute approximate surface area is 119 Å². The molecule has 0 amide bonds. The lowest BCUT2D eigenvalue weighted by Gasteiger charge is -2.37. The minimum Gasteiger partial charge on any atom is -0.465 e. The van der Waals surface area contributed by atoms with Crippen LogP contribution in [0.5, 0.6) is 0 Å². The Kier molecular flexibility index (Phi) is 4.55. The highest BCUT2D eigenvalue weighted by atomic mass is 16.5. The highest BCUT2D eigenvalue weighted by Gasteiger charge is 2.46. The standard InChI is InChI=1S/C16H21NO3/c1-3-20-15(19)16(2)12-17(10-9-14(16)18)11-13-7-5-4-6-8-13/h4-8H,3,9-12H2,1-2H3. The molecule has 1 saturated heterocycles. The van der Waals surface area contributed by atoms with Gasteiger partial charge >= 0.3 is 5.97 Å². The molecular formula is C16H21NO3. The first kappa shape index (κ1) is 14.7. The van der Waals surface area contributed by atoms with Gasteiger partial charge in [-0.05, 0) is 19.4 Å². The van der Waals surface area contributed by atoms with Crippen molar-refractivity contribution in [3.63, 3.8) is 0 Å². The van der Waals surface area contributed by atoms with Gasteiger partial charge in [-0.2, -0.15) is 0 Å². The second-order valence-electron chi connectivity index (χ2n) is 5.42. The van der Waals surface area contributed by atoms with E-state index >= 15 is 0 Å². The van der Waals surface area contributed by atoms with Gasteiger partial charge in [0.05, 0.1) is 6.61 Å². The van der Waals surface area contributed by atoms with Crippen LogP contribution in [0.2, 0.25) is 0 Å². The van der Waals surface area contributed by atoms with Gasteiger partial charge in [-0.3, -0.25) is 14.5 Å². The number of nitrogens with zero attached hydrogens (tertiary/aromatic N) is 1. The summed E-state index contributed by atoms with van der Waals surface area (Å²) in [5.74, 6) is -0.414. The van der Waals surface area contributed by atoms with E-state index < -0.39 is 11.4 Å². The number of carbonyl (C=O) groups is 2. The summed E-state index contributed by atoms with van der Waals surface area (Å²) in [6, 6.07) is 10.1. The zero-order valence-electron chi connectivity index (χ0n) is 12.1. The predicted octanol–water partition coefficient (Wildman–Crippen LogP) is 2.03. The molecule has 0 saturated carbocycles. The van der Waals surface area contributed by atoms with Crippen molar-refractivity contribution >= 4 is 11.8 Å². The number of hydrogen-bond acceptors (Lipinski definition) is 4. The lowest BCUT2D eigenvalue weighted by molar-refractivity contribution is -0.162. The van der Waals surface area contributed by atoms with Crippen LogP contribution in [0.3, 0.4) is 0 Å². The SMILES string of the molecule is CCOC(=O)C1(C)CN(Cc2ccccc2)CCC1=O. The van der Waals surface area contributed by atoms with Crippen molar-refractivity contribution in [3.05, 3.63) is 35.9 Å². The number of hydrogen-bond donors (Lipinski definition) is 0. The van der Waals surface area contributed by atoms with E-state index in [1.165, 1.54) is 5.56 Å². The number of Topliss-reactive ketones (excluding diaryl/α,β-unsaturated/α-hetero) is 1. The first-order valence-corrected chi connectivity index (χ1v) is 7.03. The van der Waals surface area contributed by atoms with Gasteiger partial charge in [0.2, 0.25) is 0 Å². The smallest absolute Gasteiger partial charge is 0.320 e. The highest BCUT2D eigenvalue weighted by Crippen LogP contribution is 2.28. The zero-order valence-corrected chi connectivity index (χ0v) is 12.1. The molecule has 0 aliphatic carbocycles. The van der Waals surface area contributed by atoms with E-state index in [-0.39, 0.29) is 5.78 Å². The number of piperidine rings is 1. The highest BCUT2D eigenvalue weighted by molar-refractivity contribution is 6.04. The van der Waals surface area contributed by atoms with Crippen molar-refractivity contribution in [2.24, 2.45) is 5.41 Å². The Morgan fingerprint density at radius 3 is 2.70 bits per heavy atom. The van der Waals surface area contributed by atoms with Crippen molar-refractivity contribution in [2.75, 3.05) is 19.7 Å². The molecule has 2 rings (SSSR count). The van der Waals surface area contributed by atoms with Gasteiger partial charge in [-0.15, -0.1) is 0 Å². The van der Waals surface area contributed by atoms with Crippen molar-refractivity contribution in [2.45, 2.75) is 26.8 Å². The third-order valence-electron chi connectivity index (χ3n) is 3.79. The molecule has 20 heavy (non-hydrogen) atoms. The largest absolute Gasteiger partial charge is 0.465 e. The molecule has 0 bridgehead atoms. The van der Waals surface area contributed by atoms with E-state index in [1.54, 1.807) is 13.8 Å². The third-order valence-corrected chi connectivity index (χ3v) is 3.79. The minimum atomic E-state index is -1.02. The number of ether oxygens (including phenoxy) is 1. The molecule has 1 aliphatic rings. The van der Waals surface area contributed by atoms with Crippen molar-refractivity contribution in [1.82, 2.24) is 4.90 Å². The van der Waals surface area contributed by atoms with E-state index in [2.05, 4.69) is 17.0 Å². The Hall–Kier alpha value is -1.68. The third kappa shape index (κ3) is 3.07. The molecule has 1 atom stereocenters. The van der Waals surface area contributed by atoms with Crippen LogP contribution < -0.4 is 0 Å². The minimum absolute atomic E-state index is 0.0136. The summed E-state index contributed by atoms with van der Waals surface area (Å²) < 4.78 is 5.07. The summed E-state index contributed by atoms with van der Waals surface area (Å²) in [4.78, 5) is 26.3. The number of benzene rings is 1. The van der Waals surface area contributed by atoms with Crippen LogP contribution in [0, 0.1) is 5.41 Å². The molecule has 1 aliphatic heterocycles. The number of carbonyl (C=O) groups excluding carboxylic acids is 2. The maximum atomic E-state index is 12.1. The quantitative estimate of drug-likeness (QED) is 0.623. The summed E-state index contributed by atoms with van der Waals surface area (Å²) in [6.07, 6.45) is 0.405. The van der Waals surface area contributed by atoms with E-state index in [4.69, 9.17) is 4.74 Å². The van der Waals surface area contributed by atoms with Crippen LogP contribution in [-0.4, -0.2) is 36.3 Å². The van der Waals surface area contributed by atoms with Crippen molar-refractivity contribution in [3.8, 4) is 0 Å². The molecule has 1 fully saturated rings. The van der Waals surface area contributed by atoms with E-state index in [0.29, 0.717) is 26.1 Å². The Bertz CT molecular complexity index is 486. The average molecular weight is 275 g/mol. The topological polar surface area (TPSA) is 46.6 Å².